The van der Waals surface area contributed by atoms with Gasteiger partial charge >= 0.3 is 12.2 Å². The molecule has 44 heavy (non-hydrogen) atoms. The lowest BCUT2D eigenvalue weighted by Gasteiger charge is -2.24. The van der Waals surface area contributed by atoms with Crippen molar-refractivity contribution in [2.75, 3.05) is 48.9 Å². The molecule has 230 valence electrons. The number of hydrogen-bond acceptors (Lipinski definition) is 8. The van der Waals surface area contributed by atoms with Crippen LogP contribution in [-0.2, 0) is 14.9 Å². The maximum absolute atomic E-state index is 13.1. The lowest BCUT2D eigenvalue weighted by atomic mass is 9.85. The number of Topliss-reactive ketones (excluding diaryl/α,β-unsaturated/α-hetero) is 2. The monoisotopic (exact) mass is 599 g/mol. The minimum absolute atomic E-state index is 0.0363. The minimum Gasteiger partial charge on any atom is -0.453 e. The Bertz CT molecular complexity index is 1600. The number of rotatable bonds is 9. The molecule has 10 heteroatoms. The van der Waals surface area contributed by atoms with Gasteiger partial charge < -0.3 is 19.5 Å². The number of aryl methyl sites for hydroxylation is 1. The van der Waals surface area contributed by atoms with Crippen molar-refractivity contribution in [3.05, 3.63) is 94.1 Å². The molecule has 4 rings (SSSR count). The van der Waals surface area contributed by atoms with E-state index in [2.05, 4.69) is 36.1 Å². The Morgan fingerprint density at radius 2 is 1.59 bits per heavy atom. The number of allylic oxidation sites excluding steroid dienone is 1. The zero-order valence-electron chi connectivity index (χ0n) is 25.5. The standard InChI is InChI=1S/C34H37N3O7/c1-21-6-10-24(35-32(41)43-5)20-29(21)36-33(42)44-17-15-37(14-16-38)25-11-7-22(8-12-25)18-28-30(39)26-13-9-23(34(2,3)4)19-27(26)31(28)40/h6-13,18-20,38H,14-17H2,1-5H3,(H,35,41)(H,36,42)/b28-18-. The molecule has 0 aromatic heterocycles. The molecule has 1 aliphatic carbocycles. The van der Waals surface area contributed by atoms with Gasteiger partial charge in [-0.2, -0.15) is 0 Å². The summed E-state index contributed by atoms with van der Waals surface area (Å²) in [6.07, 6.45) is 0.305. The van der Waals surface area contributed by atoms with Gasteiger partial charge in [-0.1, -0.05) is 45.0 Å². The average Bonchev–Trinajstić information content (AvgIpc) is 3.22. The number of ether oxygens (including phenoxy) is 2. The summed E-state index contributed by atoms with van der Waals surface area (Å²) in [6.45, 7) is 8.51. The first-order valence-electron chi connectivity index (χ1n) is 14.2. The molecule has 10 nitrogen and oxygen atoms in total. The normalized spacial score (nSPS) is 13.5. The number of anilines is 3. The maximum Gasteiger partial charge on any atom is 0.411 e. The SMILES string of the molecule is COC(=O)Nc1ccc(C)c(NC(=O)OCCN(CCO)c2ccc(/C=C3/C(=O)c4ccc(C(C)(C)C)cc4C3=O)cc2)c1. The summed E-state index contributed by atoms with van der Waals surface area (Å²) in [5.74, 6) is -0.562. The van der Waals surface area contributed by atoms with Crippen molar-refractivity contribution in [2.45, 2.75) is 33.1 Å². The third kappa shape index (κ3) is 7.51. The fourth-order valence-electron chi connectivity index (χ4n) is 4.76. The van der Waals surface area contributed by atoms with Crippen LogP contribution >= 0.6 is 0 Å². The number of methoxy groups -OCH3 is 1. The summed E-state index contributed by atoms with van der Waals surface area (Å²) in [5.41, 5.74) is 4.98. The van der Waals surface area contributed by atoms with E-state index in [4.69, 9.17) is 4.74 Å². The van der Waals surface area contributed by atoms with Crippen LogP contribution in [0, 0.1) is 6.92 Å². The molecule has 3 aromatic carbocycles. The van der Waals surface area contributed by atoms with E-state index in [1.165, 1.54) is 7.11 Å². The number of aliphatic hydroxyl groups excluding tert-OH is 1. The van der Waals surface area contributed by atoms with Crippen molar-refractivity contribution >= 4 is 46.9 Å². The highest BCUT2D eigenvalue weighted by molar-refractivity contribution is 6.41. The Kier molecular flexibility index (Phi) is 9.85. The molecular weight excluding hydrogens is 562 g/mol. The molecule has 0 heterocycles. The van der Waals surface area contributed by atoms with Crippen molar-refractivity contribution < 1.29 is 33.8 Å². The number of amides is 2. The van der Waals surface area contributed by atoms with Crippen LogP contribution in [0.3, 0.4) is 0 Å². The molecule has 3 N–H and O–H groups in total. The number of hydrogen-bond donors (Lipinski definition) is 3. The van der Waals surface area contributed by atoms with Gasteiger partial charge in [-0.3, -0.25) is 20.2 Å². The molecule has 0 bridgehead atoms. The van der Waals surface area contributed by atoms with E-state index in [0.717, 1.165) is 16.8 Å². The third-order valence-corrected chi connectivity index (χ3v) is 7.30. The zero-order chi connectivity index (χ0) is 32.0. The van der Waals surface area contributed by atoms with Crippen LogP contribution in [0.25, 0.3) is 6.08 Å². The molecule has 0 fully saturated rings. The van der Waals surface area contributed by atoms with Crippen LogP contribution in [-0.4, -0.2) is 62.3 Å². The van der Waals surface area contributed by atoms with Gasteiger partial charge in [0.25, 0.3) is 0 Å². The van der Waals surface area contributed by atoms with Gasteiger partial charge in [-0.25, -0.2) is 9.59 Å². The molecule has 0 spiro atoms. The van der Waals surface area contributed by atoms with Crippen molar-refractivity contribution in [1.29, 1.82) is 0 Å². The lowest BCUT2D eigenvalue weighted by molar-refractivity contribution is 0.0990. The summed E-state index contributed by atoms with van der Waals surface area (Å²) in [7, 11) is 1.26. The number of ketones is 2. The van der Waals surface area contributed by atoms with Crippen molar-refractivity contribution in [1.82, 2.24) is 0 Å². The summed E-state index contributed by atoms with van der Waals surface area (Å²) in [4.78, 5) is 52.0. The first-order valence-corrected chi connectivity index (χ1v) is 14.2. The van der Waals surface area contributed by atoms with E-state index in [1.54, 1.807) is 49.4 Å². The number of benzene rings is 3. The number of aliphatic hydroxyl groups is 1. The van der Waals surface area contributed by atoms with Crippen molar-refractivity contribution in [2.24, 2.45) is 0 Å². The Morgan fingerprint density at radius 3 is 2.25 bits per heavy atom. The molecule has 1 aliphatic rings. The van der Waals surface area contributed by atoms with E-state index >= 15 is 0 Å². The first kappa shape index (κ1) is 32.0. The van der Waals surface area contributed by atoms with E-state index < -0.39 is 12.2 Å². The second kappa shape index (κ2) is 13.6. The van der Waals surface area contributed by atoms with Crippen LogP contribution in [0.2, 0.25) is 0 Å². The van der Waals surface area contributed by atoms with Crippen LogP contribution in [0.15, 0.2) is 66.2 Å². The highest BCUT2D eigenvalue weighted by Gasteiger charge is 2.34. The predicted molar refractivity (Wildman–Crippen MR) is 170 cm³/mol. The van der Waals surface area contributed by atoms with Gasteiger partial charge in [-0.15, -0.1) is 0 Å². The fourth-order valence-corrected chi connectivity index (χ4v) is 4.76. The smallest absolute Gasteiger partial charge is 0.411 e. The molecule has 0 unspecified atom stereocenters. The zero-order valence-corrected chi connectivity index (χ0v) is 25.5. The number of carbonyl (C=O) groups is 4. The van der Waals surface area contributed by atoms with E-state index in [0.29, 0.717) is 41.2 Å². The Morgan fingerprint density at radius 1 is 0.886 bits per heavy atom. The van der Waals surface area contributed by atoms with Gasteiger partial charge in [0.2, 0.25) is 0 Å². The Hall–Kier alpha value is -4.96. The first-order chi connectivity index (χ1) is 20.9. The molecule has 0 saturated heterocycles. The summed E-state index contributed by atoms with van der Waals surface area (Å²) in [6, 6.07) is 17.7. The van der Waals surface area contributed by atoms with E-state index in [1.807, 2.05) is 29.2 Å². The molecular formula is C34H37N3O7. The molecule has 0 saturated carbocycles. The third-order valence-electron chi connectivity index (χ3n) is 7.30. The Balaban J connectivity index is 1.38. The van der Waals surface area contributed by atoms with Crippen molar-refractivity contribution in [3.63, 3.8) is 0 Å². The quantitative estimate of drug-likeness (QED) is 0.202. The molecule has 3 aromatic rings. The molecule has 0 radical (unpaired) electrons. The second-order valence-corrected chi connectivity index (χ2v) is 11.4. The summed E-state index contributed by atoms with van der Waals surface area (Å²) < 4.78 is 9.96. The largest absolute Gasteiger partial charge is 0.453 e. The van der Waals surface area contributed by atoms with Crippen LogP contribution in [0.4, 0.5) is 26.7 Å². The van der Waals surface area contributed by atoms with Gasteiger partial charge in [0, 0.05) is 34.7 Å². The highest BCUT2D eigenvalue weighted by atomic mass is 16.5. The predicted octanol–water partition coefficient (Wildman–Crippen LogP) is 5.98. The van der Waals surface area contributed by atoms with Crippen LogP contribution in [0.5, 0.6) is 0 Å². The van der Waals surface area contributed by atoms with Gasteiger partial charge in [0.05, 0.1) is 25.8 Å². The number of carbonyl (C=O) groups excluding carboxylic acids is 4. The van der Waals surface area contributed by atoms with Gasteiger partial charge in [0.15, 0.2) is 11.6 Å². The summed E-state index contributed by atoms with van der Waals surface area (Å²) in [5, 5.41) is 14.8. The highest BCUT2D eigenvalue weighted by Crippen LogP contribution is 2.32. The average molecular weight is 600 g/mol. The van der Waals surface area contributed by atoms with Crippen molar-refractivity contribution in [3.8, 4) is 0 Å². The van der Waals surface area contributed by atoms with Gasteiger partial charge in [-0.05, 0) is 71.5 Å². The fraction of sp³-hybridized carbons (Fsp3) is 0.294. The number of nitrogens with zero attached hydrogens (tertiary/aromatic N) is 1. The molecule has 0 aliphatic heterocycles. The number of fused-ring (bicyclic) bond motifs is 1. The summed E-state index contributed by atoms with van der Waals surface area (Å²) >= 11 is 0. The number of nitrogens with one attached hydrogen (secondary N) is 2. The molecule has 2 amide bonds. The lowest BCUT2D eigenvalue weighted by Crippen LogP contribution is -2.31. The van der Waals surface area contributed by atoms with Crippen LogP contribution < -0.4 is 15.5 Å². The van der Waals surface area contributed by atoms with Gasteiger partial charge in [0.1, 0.15) is 6.61 Å². The van der Waals surface area contributed by atoms with E-state index in [-0.39, 0.29) is 35.8 Å². The van der Waals surface area contributed by atoms with E-state index in [9.17, 15) is 24.3 Å². The Labute approximate surface area is 256 Å². The minimum atomic E-state index is -0.671. The maximum atomic E-state index is 13.1. The topological polar surface area (TPSA) is 134 Å². The second-order valence-electron chi connectivity index (χ2n) is 11.4. The molecule has 0 atom stereocenters. The van der Waals surface area contributed by atoms with Crippen LogP contribution in [0.1, 0.15) is 58.2 Å².